The van der Waals surface area contributed by atoms with Crippen LogP contribution in [-0.2, 0) is 9.59 Å². The molecule has 0 bridgehead atoms. The summed E-state index contributed by atoms with van der Waals surface area (Å²) in [4.78, 5) is 36.2. The molecule has 24 heavy (non-hydrogen) atoms. The van der Waals surface area contributed by atoms with Crippen molar-refractivity contribution in [3.63, 3.8) is 0 Å². The maximum absolute atomic E-state index is 12.2. The molecule has 0 spiro atoms. The average Bonchev–Trinajstić information content (AvgIpc) is 3.13. The summed E-state index contributed by atoms with van der Waals surface area (Å²) in [5.74, 6) is -1.79. The Kier molecular flexibility index (Phi) is 6.05. The van der Waals surface area contributed by atoms with E-state index in [1.54, 1.807) is 35.7 Å². The molecule has 1 atom stereocenters. The lowest BCUT2D eigenvalue weighted by Crippen LogP contribution is -2.48. The van der Waals surface area contributed by atoms with E-state index < -0.39 is 30.2 Å². The summed E-state index contributed by atoms with van der Waals surface area (Å²) in [5, 5.41) is 15.8. The number of nitrogens with one attached hydrogen (secondary N) is 2. The van der Waals surface area contributed by atoms with Gasteiger partial charge in [0.05, 0.1) is 18.6 Å². The molecule has 1 aromatic carbocycles. The van der Waals surface area contributed by atoms with Gasteiger partial charge in [-0.25, -0.2) is 0 Å². The smallest absolute Gasteiger partial charge is 0.293 e. The first-order valence-corrected chi connectivity index (χ1v) is 7.87. The number of carbonyl (C=O) groups excluding carboxylic acids is 3. The van der Waals surface area contributed by atoms with Crippen LogP contribution in [0.15, 0.2) is 41.8 Å². The highest BCUT2D eigenvalue weighted by molar-refractivity contribution is 7.13. The Labute approximate surface area is 142 Å². The molecular weight excluding hydrogens is 332 g/mol. The van der Waals surface area contributed by atoms with Gasteiger partial charge < -0.3 is 20.5 Å². The van der Waals surface area contributed by atoms with E-state index in [0.29, 0.717) is 11.4 Å². The number of carbonyl (C=O) groups is 3. The summed E-state index contributed by atoms with van der Waals surface area (Å²) < 4.78 is 5.05. The van der Waals surface area contributed by atoms with E-state index in [1.165, 1.54) is 13.2 Å². The minimum atomic E-state index is -1.24. The number of amides is 2. The highest BCUT2D eigenvalue weighted by Crippen LogP contribution is 2.16. The Morgan fingerprint density at radius 1 is 1.25 bits per heavy atom. The van der Waals surface area contributed by atoms with Crippen LogP contribution in [0.25, 0.3) is 0 Å². The van der Waals surface area contributed by atoms with Crippen molar-refractivity contribution >= 4 is 34.6 Å². The lowest BCUT2D eigenvalue weighted by atomic mass is 10.2. The quantitative estimate of drug-likeness (QED) is 0.512. The summed E-state index contributed by atoms with van der Waals surface area (Å²) in [7, 11) is 1.49. The topological polar surface area (TPSA) is 105 Å². The number of benzene rings is 1. The molecule has 2 amide bonds. The number of hydrogen-bond acceptors (Lipinski definition) is 6. The van der Waals surface area contributed by atoms with Gasteiger partial charge in [0.1, 0.15) is 11.8 Å². The Morgan fingerprint density at radius 2 is 2.04 bits per heavy atom. The lowest BCUT2D eigenvalue weighted by molar-refractivity contribution is -0.124. The molecule has 7 nitrogen and oxygen atoms in total. The molecule has 0 aliphatic rings. The van der Waals surface area contributed by atoms with Crippen LogP contribution in [0.5, 0.6) is 5.75 Å². The van der Waals surface area contributed by atoms with E-state index in [2.05, 4.69) is 10.6 Å². The van der Waals surface area contributed by atoms with Crippen molar-refractivity contribution < 1.29 is 24.2 Å². The number of ketones is 1. The van der Waals surface area contributed by atoms with Gasteiger partial charge in [0.15, 0.2) is 0 Å². The van der Waals surface area contributed by atoms with Gasteiger partial charge in [-0.3, -0.25) is 14.4 Å². The number of rotatable bonds is 7. The molecule has 0 aliphatic heterocycles. The van der Waals surface area contributed by atoms with Crippen LogP contribution in [0.3, 0.4) is 0 Å². The molecule has 2 aromatic rings. The molecule has 1 heterocycles. The zero-order chi connectivity index (χ0) is 17.5. The van der Waals surface area contributed by atoms with Gasteiger partial charge in [-0.2, -0.15) is 0 Å². The van der Waals surface area contributed by atoms with Crippen LogP contribution in [0.4, 0.5) is 5.69 Å². The first kappa shape index (κ1) is 17.6. The molecule has 8 heteroatoms. The fraction of sp³-hybridized carbons (Fsp3) is 0.188. The van der Waals surface area contributed by atoms with Gasteiger partial charge in [0.25, 0.3) is 11.7 Å². The molecule has 0 saturated carbocycles. The van der Waals surface area contributed by atoms with Crippen molar-refractivity contribution in [1.82, 2.24) is 5.32 Å². The van der Waals surface area contributed by atoms with Crippen molar-refractivity contribution in [3.8, 4) is 5.75 Å². The van der Waals surface area contributed by atoms with Gasteiger partial charge in [-0.05, 0) is 23.6 Å². The molecule has 0 saturated heterocycles. The molecule has 3 N–H and O–H groups in total. The van der Waals surface area contributed by atoms with E-state index in [4.69, 9.17) is 4.74 Å². The highest BCUT2D eigenvalue weighted by Gasteiger charge is 2.25. The number of ether oxygens (including phenoxy) is 1. The molecule has 0 radical (unpaired) electrons. The maximum atomic E-state index is 12.2. The van der Waals surface area contributed by atoms with E-state index in [0.717, 1.165) is 11.3 Å². The molecule has 0 aliphatic carbocycles. The molecule has 126 valence electrons. The Hall–Kier alpha value is -2.71. The average molecular weight is 348 g/mol. The van der Waals surface area contributed by atoms with Crippen LogP contribution in [0.1, 0.15) is 9.67 Å². The predicted octanol–water partition coefficient (Wildman–Crippen LogP) is 1.06. The van der Waals surface area contributed by atoms with Crippen molar-refractivity contribution in [2.75, 3.05) is 19.0 Å². The number of aliphatic hydroxyl groups excluding tert-OH is 1. The van der Waals surface area contributed by atoms with Crippen molar-refractivity contribution in [1.29, 1.82) is 0 Å². The normalized spacial score (nSPS) is 11.4. The lowest BCUT2D eigenvalue weighted by Gasteiger charge is -2.16. The first-order valence-electron chi connectivity index (χ1n) is 6.99. The SMILES string of the molecule is COc1cccc(NC(=O)[C@H](CO)NC(=O)C(=O)c2cccs2)c1. The maximum Gasteiger partial charge on any atom is 0.293 e. The second-order valence-corrected chi connectivity index (χ2v) is 5.68. The molecular formula is C16H16N2O5S. The van der Waals surface area contributed by atoms with Crippen molar-refractivity contribution in [2.45, 2.75) is 6.04 Å². The third-order valence-corrected chi connectivity index (χ3v) is 3.96. The molecule has 2 rings (SSSR count). The fourth-order valence-corrected chi connectivity index (χ4v) is 2.53. The minimum Gasteiger partial charge on any atom is -0.497 e. The summed E-state index contributed by atoms with van der Waals surface area (Å²) >= 11 is 1.12. The molecule has 1 aromatic heterocycles. The zero-order valence-corrected chi connectivity index (χ0v) is 13.6. The highest BCUT2D eigenvalue weighted by atomic mass is 32.1. The third kappa shape index (κ3) is 4.40. The summed E-state index contributed by atoms with van der Waals surface area (Å²) in [6, 6.07) is 8.52. The number of anilines is 1. The van der Waals surface area contributed by atoms with Gasteiger partial charge in [-0.1, -0.05) is 12.1 Å². The van der Waals surface area contributed by atoms with Crippen molar-refractivity contribution in [2.24, 2.45) is 0 Å². The van der Waals surface area contributed by atoms with Gasteiger partial charge in [0, 0.05) is 11.8 Å². The number of methoxy groups -OCH3 is 1. The third-order valence-electron chi connectivity index (χ3n) is 3.09. The standard InChI is InChI=1S/C16H16N2O5S/c1-23-11-5-2-4-10(8-11)17-15(21)12(9-19)18-16(22)14(20)13-6-3-7-24-13/h2-8,12,19H,9H2,1H3,(H,17,21)(H,18,22)/t12-/m0/s1. The Balaban J connectivity index is 2.00. The van der Waals surface area contributed by atoms with Crippen LogP contribution < -0.4 is 15.4 Å². The van der Waals surface area contributed by atoms with E-state index in [1.807, 2.05) is 0 Å². The van der Waals surface area contributed by atoms with Gasteiger partial charge >= 0.3 is 0 Å². The largest absolute Gasteiger partial charge is 0.497 e. The van der Waals surface area contributed by atoms with E-state index >= 15 is 0 Å². The van der Waals surface area contributed by atoms with Crippen LogP contribution in [0, 0.1) is 0 Å². The van der Waals surface area contributed by atoms with E-state index in [-0.39, 0.29) is 4.88 Å². The van der Waals surface area contributed by atoms with E-state index in [9.17, 15) is 19.5 Å². The number of Topliss-reactive ketones (excluding diaryl/α,β-unsaturated/α-hetero) is 1. The second-order valence-electron chi connectivity index (χ2n) is 4.74. The predicted molar refractivity (Wildman–Crippen MR) is 89.3 cm³/mol. The molecule has 0 unspecified atom stereocenters. The molecule has 0 fully saturated rings. The van der Waals surface area contributed by atoms with Crippen LogP contribution in [-0.4, -0.2) is 42.5 Å². The zero-order valence-electron chi connectivity index (χ0n) is 12.8. The minimum absolute atomic E-state index is 0.261. The monoisotopic (exact) mass is 348 g/mol. The summed E-state index contributed by atoms with van der Waals surface area (Å²) in [6.45, 7) is -0.640. The summed E-state index contributed by atoms with van der Waals surface area (Å²) in [6.07, 6.45) is 0. The number of thiophene rings is 1. The summed E-state index contributed by atoms with van der Waals surface area (Å²) in [5.41, 5.74) is 0.441. The Morgan fingerprint density at radius 3 is 2.67 bits per heavy atom. The Bertz CT molecular complexity index is 730. The van der Waals surface area contributed by atoms with Crippen molar-refractivity contribution in [3.05, 3.63) is 46.7 Å². The number of aliphatic hydroxyl groups is 1. The second kappa shape index (κ2) is 8.23. The van der Waals surface area contributed by atoms with Crippen LogP contribution >= 0.6 is 11.3 Å². The van der Waals surface area contributed by atoms with Gasteiger partial charge in [0.2, 0.25) is 5.91 Å². The fourth-order valence-electron chi connectivity index (χ4n) is 1.87. The first-order chi connectivity index (χ1) is 11.5. The van der Waals surface area contributed by atoms with Gasteiger partial charge in [-0.15, -0.1) is 11.3 Å². The van der Waals surface area contributed by atoms with Crippen LogP contribution in [0.2, 0.25) is 0 Å². The number of hydrogen-bond donors (Lipinski definition) is 3.